The van der Waals surface area contributed by atoms with Gasteiger partial charge in [0.05, 0.1) is 10.9 Å². The number of rotatable bonds is 3. The molecule has 4 aromatic rings. The van der Waals surface area contributed by atoms with E-state index in [0.29, 0.717) is 25.1 Å². The van der Waals surface area contributed by atoms with Gasteiger partial charge in [-0.25, -0.2) is 0 Å². The Morgan fingerprint density at radius 2 is 1.88 bits per heavy atom. The summed E-state index contributed by atoms with van der Waals surface area (Å²) >= 11 is 0. The Kier molecular flexibility index (Phi) is 4.08. The number of carbonyl (C=O) groups is 2. The lowest BCUT2D eigenvalue weighted by Crippen LogP contribution is -2.35. The second-order valence-electron chi connectivity index (χ2n) is 8.44. The lowest BCUT2D eigenvalue weighted by molar-refractivity contribution is -0.120. The fraction of sp³-hybridized carbons (Fsp3) is 0.154. The molecule has 0 saturated carbocycles. The lowest BCUT2D eigenvalue weighted by Gasteiger charge is -2.20. The Bertz CT molecular complexity index is 1410. The molecule has 3 heterocycles. The fourth-order valence-electron chi connectivity index (χ4n) is 5.00. The molecule has 1 unspecified atom stereocenters. The summed E-state index contributed by atoms with van der Waals surface area (Å²) < 4.78 is 0. The van der Waals surface area contributed by atoms with Gasteiger partial charge in [0.2, 0.25) is 5.91 Å². The quantitative estimate of drug-likeness (QED) is 0.531. The highest BCUT2D eigenvalue weighted by atomic mass is 16.2. The normalized spacial score (nSPS) is 18.4. The highest BCUT2D eigenvalue weighted by Crippen LogP contribution is 2.47. The number of hydrogen-bond donors (Lipinski definition) is 2. The van der Waals surface area contributed by atoms with Crippen molar-refractivity contribution in [3.8, 4) is 0 Å². The van der Waals surface area contributed by atoms with E-state index >= 15 is 0 Å². The zero-order chi connectivity index (χ0) is 21.7. The zero-order valence-electron chi connectivity index (χ0n) is 17.3. The Balaban J connectivity index is 1.24. The molecule has 1 spiro atoms. The number of anilines is 1. The minimum Gasteiger partial charge on any atom is -0.347 e. The first-order chi connectivity index (χ1) is 15.6. The van der Waals surface area contributed by atoms with E-state index < -0.39 is 5.41 Å². The van der Waals surface area contributed by atoms with Crippen LogP contribution in [0.3, 0.4) is 0 Å². The molecule has 1 aliphatic heterocycles. The van der Waals surface area contributed by atoms with E-state index in [1.165, 1.54) is 0 Å². The lowest BCUT2D eigenvalue weighted by atomic mass is 9.79. The van der Waals surface area contributed by atoms with Crippen LogP contribution in [0.1, 0.15) is 32.7 Å². The van der Waals surface area contributed by atoms with Gasteiger partial charge in [0.15, 0.2) is 0 Å². The molecule has 2 aromatic heterocycles. The van der Waals surface area contributed by atoms with Crippen molar-refractivity contribution in [1.82, 2.24) is 15.3 Å². The highest BCUT2D eigenvalue weighted by Gasteiger charge is 2.50. The summed E-state index contributed by atoms with van der Waals surface area (Å²) in [6.07, 6.45) is 4.68. The molecule has 0 fully saturated rings. The van der Waals surface area contributed by atoms with Gasteiger partial charge in [-0.05, 0) is 59.4 Å². The zero-order valence-corrected chi connectivity index (χ0v) is 17.3. The largest absolute Gasteiger partial charge is 0.347 e. The highest BCUT2D eigenvalue weighted by molar-refractivity contribution is 6.07. The van der Waals surface area contributed by atoms with Gasteiger partial charge < -0.3 is 10.6 Å². The topological polar surface area (TPSA) is 84.0 Å². The molecule has 6 rings (SSSR count). The number of aromatic nitrogens is 2. The van der Waals surface area contributed by atoms with Crippen molar-refractivity contribution in [2.24, 2.45) is 0 Å². The van der Waals surface area contributed by atoms with Crippen LogP contribution in [0.15, 0.2) is 73.1 Å². The summed E-state index contributed by atoms with van der Waals surface area (Å²) in [5.74, 6) is -0.212. The second-order valence-corrected chi connectivity index (χ2v) is 8.44. The molecule has 156 valence electrons. The van der Waals surface area contributed by atoms with Crippen LogP contribution in [0.2, 0.25) is 0 Å². The number of benzene rings is 2. The van der Waals surface area contributed by atoms with Crippen LogP contribution in [0.25, 0.3) is 10.9 Å². The predicted molar refractivity (Wildman–Crippen MR) is 121 cm³/mol. The van der Waals surface area contributed by atoms with E-state index in [4.69, 9.17) is 0 Å². The Morgan fingerprint density at radius 3 is 2.81 bits per heavy atom. The summed E-state index contributed by atoms with van der Waals surface area (Å²) in [7, 11) is 0. The summed E-state index contributed by atoms with van der Waals surface area (Å²) in [6, 6.07) is 19.4. The molecule has 32 heavy (non-hydrogen) atoms. The maximum absolute atomic E-state index is 12.9. The van der Waals surface area contributed by atoms with Gasteiger partial charge in [-0.1, -0.05) is 36.4 Å². The van der Waals surface area contributed by atoms with Gasteiger partial charge in [0, 0.05) is 30.0 Å². The number of amides is 2. The molecule has 0 radical (unpaired) electrons. The Morgan fingerprint density at radius 1 is 1.00 bits per heavy atom. The predicted octanol–water partition coefficient (Wildman–Crippen LogP) is 3.55. The summed E-state index contributed by atoms with van der Waals surface area (Å²) in [4.78, 5) is 34.5. The third kappa shape index (κ3) is 2.80. The molecule has 2 aliphatic rings. The van der Waals surface area contributed by atoms with Crippen molar-refractivity contribution < 1.29 is 9.59 Å². The van der Waals surface area contributed by atoms with Crippen molar-refractivity contribution in [2.75, 3.05) is 5.32 Å². The fourth-order valence-corrected chi connectivity index (χ4v) is 5.00. The smallest absolute Gasteiger partial charge is 0.270 e. The van der Waals surface area contributed by atoms with Gasteiger partial charge in [-0.2, -0.15) is 0 Å². The van der Waals surface area contributed by atoms with Crippen LogP contribution in [0, 0.1) is 0 Å². The average molecular weight is 420 g/mol. The summed E-state index contributed by atoms with van der Waals surface area (Å²) in [6.45, 7) is 0.389. The van der Waals surface area contributed by atoms with Crippen molar-refractivity contribution >= 4 is 28.4 Å². The monoisotopic (exact) mass is 420 g/mol. The maximum Gasteiger partial charge on any atom is 0.270 e. The van der Waals surface area contributed by atoms with Crippen molar-refractivity contribution in [3.05, 3.63) is 101 Å². The van der Waals surface area contributed by atoms with Gasteiger partial charge >= 0.3 is 0 Å². The standard InChI is InChI=1S/C26H20N4O2/c31-24(29-14-16-5-3-9-21-19(16)6-4-10-27-21)23-11-17-12-26(13-18(17)15-28-23)20-7-1-2-8-22(20)30-25(26)32/h1-11,15H,12-14H2,(H,29,31)(H,30,32). The minimum absolute atomic E-state index is 0.0190. The number of nitrogens with zero attached hydrogens (tertiary/aromatic N) is 2. The van der Waals surface area contributed by atoms with E-state index in [2.05, 4.69) is 20.6 Å². The van der Waals surface area contributed by atoms with Gasteiger partial charge in [-0.15, -0.1) is 0 Å². The van der Waals surface area contributed by atoms with Crippen LogP contribution >= 0.6 is 0 Å². The molecule has 6 nitrogen and oxygen atoms in total. The molecular formula is C26H20N4O2. The van der Waals surface area contributed by atoms with E-state index in [1.54, 1.807) is 12.4 Å². The minimum atomic E-state index is -0.605. The van der Waals surface area contributed by atoms with E-state index in [9.17, 15) is 9.59 Å². The van der Waals surface area contributed by atoms with Crippen LogP contribution in [0.4, 0.5) is 5.69 Å². The van der Waals surface area contributed by atoms with Crippen LogP contribution < -0.4 is 10.6 Å². The molecule has 2 aromatic carbocycles. The summed E-state index contributed by atoms with van der Waals surface area (Å²) in [5, 5.41) is 7.01. The SMILES string of the molecule is O=C(NCc1cccc2ncccc12)c1cc2c(cn1)CC1(C2)C(=O)Nc2ccccc21. The van der Waals surface area contributed by atoms with E-state index in [0.717, 1.165) is 38.8 Å². The van der Waals surface area contributed by atoms with Crippen molar-refractivity contribution in [2.45, 2.75) is 24.8 Å². The number of nitrogens with one attached hydrogen (secondary N) is 2. The molecule has 0 bridgehead atoms. The third-order valence-electron chi connectivity index (χ3n) is 6.60. The molecule has 0 saturated heterocycles. The molecule has 2 N–H and O–H groups in total. The van der Waals surface area contributed by atoms with Gasteiger partial charge in [-0.3, -0.25) is 19.6 Å². The summed E-state index contributed by atoms with van der Waals surface area (Å²) in [5.41, 5.74) is 5.59. The van der Waals surface area contributed by atoms with Crippen LogP contribution in [-0.2, 0) is 29.6 Å². The average Bonchev–Trinajstić information content (AvgIpc) is 3.34. The molecule has 1 aliphatic carbocycles. The van der Waals surface area contributed by atoms with E-state index in [-0.39, 0.29) is 11.8 Å². The number of para-hydroxylation sites is 1. The first kappa shape index (κ1) is 18.7. The third-order valence-corrected chi connectivity index (χ3v) is 6.60. The van der Waals surface area contributed by atoms with Gasteiger partial charge in [0.25, 0.3) is 5.91 Å². The van der Waals surface area contributed by atoms with Crippen molar-refractivity contribution in [1.29, 1.82) is 0 Å². The van der Waals surface area contributed by atoms with E-state index in [1.807, 2.05) is 60.7 Å². The van der Waals surface area contributed by atoms with Crippen LogP contribution in [0.5, 0.6) is 0 Å². The molecular weight excluding hydrogens is 400 g/mol. The number of hydrogen-bond acceptors (Lipinski definition) is 4. The molecule has 2 amide bonds. The number of pyridine rings is 2. The molecule has 1 atom stereocenters. The first-order valence-corrected chi connectivity index (χ1v) is 10.6. The number of fused-ring (bicyclic) bond motifs is 4. The maximum atomic E-state index is 12.9. The Hall–Kier alpha value is -4.06. The second kappa shape index (κ2) is 6.99. The molecule has 6 heteroatoms. The Labute approximate surface area is 184 Å². The van der Waals surface area contributed by atoms with Gasteiger partial charge in [0.1, 0.15) is 5.69 Å². The first-order valence-electron chi connectivity index (χ1n) is 10.6. The number of carbonyl (C=O) groups excluding carboxylic acids is 2. The van der Waals surface area contributed by atoms with Crippen LogP contribution in [-0.4, -0.2) is 21.8 Å². The van der Waals surface area contributed by atoms with Crippen molar-refractivity contribution in [3.63, 3.8) is 0 Å².